The number of rotatable bonds is 5. The van der Waals surface area contributed by atoms with Gasteiger partial charge in [0.15, 0.2) is 6.34 Å². The van der Waals surface area contributed by atoms with E-state index in [0.29, 0.717) is 13.2 Å². The van der Waals surface area contributed by atoms with Crippen LogP contribution in [-0.4, -0.2) is 26.2 Å². The van der Waals surface area contributed by atoms with Crippen molar-refractivity contribution in [3.05, 3.63) is 46.9 Å². The van der Waals surface area contributed by atoms with E-state index in [1.165, 1.54) is 12.1 Å². The number of ether oxygens (including phenoxy) is 1. The molecule has 1 unspecified atom stereocenters. The van der Waals surface area contributed by atoms with Crippen molar-refractivity contribution in [1.82, 2.24) is 10.6 Å². The fraction of sp³-hybridized carbons (Fsp3) is 0.357. The van der Waals surface area contributed by atoms with E-state index in [2.05, 4.69) is 22.0 Å². The first-order valence-corrected chi connectivity index (χ1v) is 6.08. The van der Waals surface area contributed by atoms with Crippen molar-refractivity contribution in [2.24, 2.45) is 4.99 Å². The lowest BCUT2D eigenvalue weighted by molar-refractivity contribution is 0.222. The number of nitrogens with zero attached hydrogens (tertiary/aromatic N) is 1. The molecule has 1 aliphatic heterocycles. The maximum absolute atomic E-state index is 13.1. The summed E-state index contributed by atoms with van der Waals surface area (Å²) in [5.41, 5.74) is 2.81. The summed E-state index contributed by atoms with van der Waals surface area (Å²) < 4.78 is 18.2. The topological polar surface area (TPSA) is 45.6 Å². The van der Waals surface area contributed by atoms with Crippen LogP contribution in [0, 0.1) is 5.82 Å². The SMILES string of the molecule is COCC1=C(C)C(NCc2cccc(F)c2)N[C]=N1. The van der Waals surface area contributed by atoms with Gasteiger partial charge in [-0.25, -0.2) is 9.38 Å². The normalized spacial score (nSPS) is 18.6. The Kier molecular flexibility index (Phi) is 4.65. The summed E-state index contributed by atoms with van der Waals surface area (Å²) >= 11 is 0. The average Bonchev–Trinajstić information content (AvgIpc) is 2.40. The molecule has 5 heteroatoms. The Labute approximate surface area is 112 Å². The molecule has 0 saturated heterocycles. The Balaban J connectivity index is 1.98. The second-order valence-corrected chi connectivity index (χ2v) is 4.37. The van der Waals surface area contributed by atoms with Crippen LogP contribution in [0.5, 0.6) is 0 Å². The third-order valence-corrected chi connectivity index (χ3v) is 2.97. The van der Waals surface area contributed by atoms with Crippen molar-refractivity contribution in [1.29, 1.82) is 0 Å². The van der Waals surface area contributed by atoms with Crippen LogP contribution in [0.4, 0.5) is 4.39 Å². The second kappa shape index (κ2) is 6.45. The van der Waals surface area contributed by atoms with Crippen LogP contribution in [0.3, 0.4) is 0 Å². The number of nitrogens with one attached hydrogen (secondary N) is 2. The minimum Gasteiger partial charge on any atom is -0.378 e. The number of methoxy groups -OCH3 is 1. The Morgan fingerprint density at radius 2 is 2.37 bits per heavy atom. The van der Waals surface area contributed by atoms with E-state index in [9.17, 15) is 4.39 Å². The highest BCUT2D eigenvalue weighted by Gasteiger charge is 2.16. The lowest BCUT2D eigenvalue weighted by Gasteiger charge is -2.24. The van der Waals surface area contributed by atoms with Crippen LogP contribution in [-0.2, 0) is 11.3 Å². The summed E-state index contributed by atoms with van der Waals surface area (Å²) in [7, 11) is 1.63. The third-order valence-electron chi connectivity index (χ3n) is 2.97. The monoisotopic (exact) mass is 262 g/mol. The van der Waals surface area contributed by atoms with E-state index in [0.717, 1.165) is 16.8 Å². The summed E-state index contributed by atoms with van der Waals surface area (Å²) in [4.78, 5) is 4.11. The summed E-state index contributed by atoms with van der Waals surface area (Å²) in [5, 5.41) is 6.30. The molecule has 1 aliphatic rings. The van der Waals surface area contributed by atoms with E-state index in [-0.39, 0.29) is 12.0 Å². The van der Waals surface area contributed by atoms with Crippen LogP contribution in [0.15, 0.2) is 40.5 Å². The van der Waals surface area contributed by atoms with Crippen molar-refractivity contribution in [3.8, 4) is 0 Å². The summed E-state index contributed by atoms with van der Waals surface area (Å²) in [5.74, 6) is -0.226. The molecule has 2 N–H and O–H groups in total. The fourth-order valence-electron chi connectivity index (χ4n) is 1.88. The van der Waals surface area contributed by atoms with Gasteiger partial charge in [0, 0.05) is 13.7 Å². The number of benzene rings is 1. The molecule has 0 saturated carbocycles. The molecule has 0 amide bonds. The van der Waals surface area contributed by atoms with Gasteiger partial charge in [0.2, 0.25) is 0 Å². The molecule has 101 valence electrons. The van der Waals surface area contributed by atoms with E-state index >= 15 is 0 Å². The van der Waals surface area contributed by atoms with E-state index < -0.39 is 0 Å². The molecule has 19 heavy (non-hydrogen) atoms. The number of aliphatic imine (C=N–C) groups is 1. The highest BCUT2D eigenvalue weighted by atomic mass is 19.1. The van der Waals surface area contributed by atoms with Crippen LogP contribution in [0.2, 0.25) is 0 Å². The maximum atomic E-state index is 13.1. The molecule has 1 radical (unpaired) electrons. The van der Waals surface area contributed by atoms with Gasteiger partial charge < -0.3 is 10.1 Å². The molecule has 1 atom stereocenters. The van der Waals surface area contributed by atoms with Gasteiger partial charge in [-0.05, 0) is 30.2 Å². The van der Waals surface area contributed by atoms with Gasteiger partial charge in [-0.3, -0.25) is 5.32 Å². The summed E-state index contributed by atoms with van der Waals surface area (Å²) in [6.07, 6.45) is 2.68. The van der Waals surface area contributed by atoms with Crippen LogP contribution >= 0.6 is 0 Å². The first-order valence-electron chi connectivity index (χ1n) is 6.08. The molecule has 1 heterocycles. The smallest absolute Gasteiger partial charge is 0.170 e. The summed E-state index contributed by atoms with van der Waals surface area (Å²) in [6.45, 7) is 3.00. The van der Waals surface area contributed by atoms with E-state index in [4.69, 9.17) is 4.74 Å². The van der Waals surface area contributed by atoms with Crippen molar-refractivity contribution < 1.29 is 9.13 Å². The van der Waals surface area contributed by atoms with Gasteiger partial charge >= 0.3 is 0 Å². The number of hydrogen-bond acceptors (Lipinski definition) is 4. The Hall–Kier alpha value is -1.72. The first-order chi connectivity index (χ1) is 9.20. The predicted octanol–water partition coefficient (Wildman–Crippen LogP) is 1.67. The van der Waals surface area contributed by atoms with Gasteiger partial charge in [-0.2, -0.15) is 0 Å². The highest BCUT2D eigenvalue weighted by molar-refractivity contribution is 5.60. The molecule has 0 aliphatic carbocycles. The summed E-state index contributed by atoms with van der Waals surface area (Å²) in [6, 6.07) is 6.53. The molecule has 1 aromatic carbocycles. The molecule has 1 aromatic rings. The quantitative estimate of drug-likeness (QED) is 0.848. The number of halogens is 1. The third kappa shape index (κ3) is 3.62. The minimum atomic E-state index is -0.226. The zero-order chi connectivity index (χ0) is 13.7. The van der Waals surface area contributed by atoms with Gasteiger partial charge in [-0.1, -0.05) is 12.1 Å². The van der Waals surface area contributed by atoms with Crippen molar-refractivity contribution >= 4 is 6.34 Å². The molecule has 0 fully saturated rings. The molecule has 0 aromatic heterocycles. The second-order valence-electron chi connectivity index (χ2n) is 4.37. The molecule has 4 nitrogen and oxygen atoms in total. The highest BCUT2D eigenvalue weighted by Crippen LogP contribution is 2.13. The molecular formula is C14H17FN3O. The zero-order valence-corrected chi connectivity index (χ0v) is 11.0. The fourth-order valence-corrected chi connectivity index (χ4v) is 1.88. The van der Waals surface area contributed by atoms with Gasteiger partial charge in [0.05, 0.1) is 12.3 Å². The maximum Gasteiger partial charge on any atom is 0.170 e. The Morgan fingerprint density at radius 1 is 1.53 bits per heavy atom. The van der Waals surface area contributed by atoms with Crippen molar-refractivity contribution in [3.63, 3.8) is 0 Å². The van der Waals surface area contributed by atoms with Gasteiger partial charge in [0.25, 0.3) is 0 Å². The largest absolute Gasteiger partial charge is 0.378 e. The average molecular weight is 262 g/mol. The first kappa shape index (κ1) is 13.7. The van der Waals surface area contributed by atoms with Gasteiger partial charge in [-0.15, -0.1) is 0 Å². The minimum absolute atomic E-state index is 0.0640. The van der Waals surface area contributed by atoms with Crippen LogP contribution in [0.25, 0.3) is 0 Å². The predicted molar refractivity (Wildman–Crippen MR) is 72.2 cm³/mol. The van der Waals surface area contributed by atoms with E-state index in [1.54, 1.807) is 13.2 Å². The van der Waals surface area contributed by atoms with Crippen LogP contribution < -0.4 is 10.6 Å². The Bertz CT molecular complexity index is 499. The lowest BCUT2D eigenvalue weighted by atomic mass is 10.1. The Morgan fingerprint density at radius 3 is 3.11 bits per heavy atom. The van der Waals surface area contributed by atoms with Gasteiger partial charge in [0.1, 0.15) is 12.0 Å². The molecular weight excluding hydrogens is 245 g/mol. The molecule has 2 rings (SSSR count). The number of hydrogen-bond donors (Lipinski definition) is 2. The zero-order valence-electron chi connectivity index (χ0n) is 11.0. The standard InChI is InChI=1S/C14H17FN3O/c1-10-13(8-19-2)17-9-18-14(10)16-7-11-4-3-5-12(15)6-11/h3-6,14,16H,7-8H2,1-2H3,(H,17,18). The van der Waals surface area contributed by atoms with Crippen molar-refractivity contribution in [2.45, 2.75) is 19.6 Å². The molecule has 0 bridgehead atoms. The van der Waals surface area contributed by atoms with E-state index in [1.807, 2.05) is 13.0 Å². The molecule has 0 spiro atoms. The lowest BCUT2D eigenvalue weighted by Crippen LogP contribution is -2.44. The van der Waals surface area contributed by atoms with Crippen LogP contribution in [0.1, 0.15) is 12.5 Å². The van der Waals surface area contributed by atoms with Crippen molar-refractivity contribution in [2.75, 3.05) is 13.7 Å².